The number of halogens is 2. The van der Waals surface area contributed by atoms with E-state index >= 15 is 0 Å². The van der Waals surface area contributed by atoms with Gasteiger partial charge in [0, 0.05) is 11.1 Å². The van der Waals surface area contributed by atoms with E-state index in [1.54, 1.807) is 18.2 Å². The van der Waals surface area contributed by atoms with Crippen molar-refractivity contribution in [3.63, 3.8) is 0 Å². The molecule has 0 spiro atoms. The molecule has 0 radical (unpaired) electrons. The van der Waals surface area contributed by atoms with E-state index in [0.717, 1.165) is 5.56 Å². The normalized spacial score (nSPS) is 10.5. The molecule has 118 valence electrons. The number of amides is 1. The first-order valence-electron chi connectivity index (χ1n) is 6.69. The van der Waals surface area contributed by atoms with Crippen LogP contribution < -0.4 is 5.32 Å². The van der Waals surface area contributed by atoms with Gasteiger partial charge in [0.2, 0.25) is 0 Å². The minimum atomic E-state index is -0.610. The average Bonchev–Trinajstić information content (AvgIpc) is 2.55. The first-order valence-corrected chi connectivity index (χ1v) is 7.45. The molecule has 0 aliphatic heterocycles. The lowest BCUT2D eigenvalue weighted by Gasteiger charge is -2.07. The quantitative estimate of drug-likeness (QED) is 0.650. The summed E-state index contributed by atoms with van der Waals surface area (Å²) in [6.07, 6.45) is 2.86. The summed E-state index contributed by atoms with van der Waals surface area (Å²) in [7, 11) is 0. The molecule has 2 aromatic carbocycles. The Morgan fingerprint density at radius 2 is 1.83 bits per heavy atom. The van der Waals surface area contributed by atoms with Crippen LogP contribution >= 0.6 is 23.2 Å². The molecule has 1 N–H and O–H groups in total. The van der Waals surface area contributed by atoms with Gasteiger partial charge in [-0.15, -0.1) is 0 Å². The van der Waals surface area contributed by atoms with Crippen molar-refractivity contribution in [1.29, 1.82) is 0 Å². The number of rotatable bonds is 5. The topological polar surface area (TPSA) is 55.4 Å². The predicted molar refractivity (Wildman–Crippen MR) is 91.5 cm³/mol. The van der Waals surface area contributed by atoms with Crippen LogP contribution in [0.2, 0.25) is 10.0 Å². The molecule has 0 unspecified atom stereocenters. The van der Waals surface area contributed by atoms with E-state index in [-0.39, 0.29) is 0 Å². The van der Waals surface area contributed by atoms with Crippen molar-refractivity contribution in [3.8, 4) is 0 Å². The molecule has 0 bridgehead atoms. The van der Waals surface area contributed by atoms with Gasteiger partial charge in [0.05, 0.1) is 10.7 Å². The number of benzene rings is 2. The molecule has 1 amide bonds. The number of hydrogen-bond donors (Lipinski definition) is 1. The Morgan fingerprint density at radius 1 is 1.09 bits per heavy atom. The molecule has 0 atom stereocenters. The molecule has 0 aliphatic rings. The Kier molecular flexibility index (Phi) is 6.20. The molecule has 0 heterocycles. The largest absolute Gasteiger partial charge is 0.452 e. The van der Waals surface area contributed by atoms with E-state index in [9.17, 15) is 9.59 Å². The highest BCUT2D eigenvalue weighted by Crippen LogP contribution is 2.25. The number of nitrogens with one attached hydrogen (secondary N) is 1. The summed E-state index contributed by atoms with van der Waals surface area (Å²) in [4.78, 5) is 23.3. The van der Waals surface area contributed by atoms with Gasteiger partial charge in [0.15, 0.2) is 6.61 Å². The third kappa shape index (κ3) is 5.77. The fourth-order valence-corrected chi connectivity index (χ4v) is 2.03. The first kappa shape index (κ1) is 17.1. The highest BCUT2D eigenvalue weighted by atomic mass is 35.5. The van der Waals surface area contributed by atoms with Gasteiger partial charge in [0.25, 0.3) is 5.91 Å². The van der Waals surface area contributed by atoms with Gasteiger partial charge in [-0.1, -0.05) is 53.5 Å². The fraction of sp³-hybridized carbons (Fsp3) is 0.0588. The van der Waals surface area contributed by atoms with Gasteiger partial charge in [-0.25, -0.2) is 4.79 Å². The first-order chi connectivity index (χ1) is 11.0. The number of ether oxygens (including phenoxy) is 1. The van der Waals surface area contributed by atoms with Crippen molar-refractivity contribution >= 4 is 46.8 Å². The minimum Gasteiger partial charge on any atom is -0.452 e. The molecule has 0 saturated carbocycles. The summed E-state index contributed by atoms with van der Waals surface area (Å²) in [5.74, 6) is -1.11. The third-order valence-corrected chi connectivity index (χ3v) is 3.32. The lowest BCUT2D eigenvalue weighted by molar-refractivity contribution is -0.142. The molecule has 23 heavy (non-hydrogen) atoms. The molecule has 2 aromatic rings. The zero-order valence-electron chi connectivity index (χ0n) is 12.0. The summed E-state index contributed by atoms with van der Waals surface area (Å²) in [5.41, 5.74) is 1.22. The SMILES string of the molecule is O=C(COC(=O)/C=C/c1ccccc1)Nc1cc(Cl)ccc1Cl. The summed E-state index contributed by atoms with van der Waals surface area (Å²) < 4.78 is 4.85. The molecule has 0 aromatic heterocycles. The summed E-state index contributed by atoms with van der Waals surface area (Å²) in [6, 6.07) is 14.0. The maximum atomic E-state index is 11.7. The second-order valence-corrected chi connectivity index (χ2v) is 5.37. The van der Waals surface area contributed by atoms with E-state index < -0.39 is 18.5 Å². The van der Waals surface area contributed by atoms with Crippen LogP contribution in [-0.4, -0.2) is 18.5 Å². The zero-order valence-corrected chi connectivity index (χ0v) is 13.5. The van der Waals surface area contributed by atoms with Gasteiger partial charge in [0.1, 0.15) is 0 Å². The van der Waals surface area contributed by atoms with E-state index in [2.05, 4.69) is 5.32 Å². The molecule has 4 nitrogen and oxygen atoms in total. The Bertz CT molecular complexity index is 730. The second kappa shape index (κ2) is 8.36. The van der Waals surface area contributed by atoms with E-state index in [1.165, 1.54) is 12.1 Å². The van der Waals surface area contributed by atoms with Crippen molar-refractivity contribution in [3.05, 3.63) is 70.2 Å². The monoisotopic (exact) mass is 349 g/mol. The fourth-order valence-electron chi connectivity index (χ4n) is 1.69. The van der Waals surface area contributed by atoms with Crippen molar-refractivity contribution in [2.45, 2.75) is 0 Å². The van der Waals surface area contributed by atoms with E-state index in [1.807, 2.05) is 30.3 Å². The maximum absolute atomic E-state index is 11.7. The lowest BCUT2D eigenvalue weighted by atomic mass is 10.2. The van der Waals surface area contributed by atoms with Crippen LogP contribution in [0.3, 0.4) is 0 Å². The number of hydrogen-bond acceptors (Lipinski definition) is 3. The maximum Gasteiger partial charge on any atom is 0.331 e. The number of carbonyl (C=O) groups excluding carboxylic acids is 2. The third-order valence-electron chi connectivity index (χ3n) is 2.76. The van der Waals surface area contributed by atoms with Gasteiger partial charge in [-0.05, 0) is 29.8 Å². The lowest BCUT2D eigenvalue weighted by Crippen LogP contribution is -2.20. The zero-order chi connectivity index (χ0) is 16.7. The van der Waals surface area contributed by atoms with Crippen LogP contribution in [0.1, 0.15) is 5.56 Å². The van der Waals surface area contributed by atoms with Gasteiger partial charge in [-0.3, -0.25) is 4.79 Å². The van der Waals surface area contributed by atoms with E-state index in [0.29, 0.717) is 15.7 Å². The molecule has 0 saturated heterocycles. The van der Waals surface area contributed by atoms with Crippen molar-refractivity contribution in [2.75, 3.05) is 11.9 Å². The smallest absolute Gasteiger partial charge is 0.331 e. The highest BCUT2D eigenvalue weighted by molar-refractivity contribution is 6.35. The standard InChI is InChI=1S/C17H13Cl2NO3/c18-13-7-8-14(19)15(10-13)20-16(21)11-23-17(22)9-6-12-4-2-1-3-5-12/h1-10H,11H2,(H,20,21)/b9-6+. The van der Waals surface area contributed by atoms with Crippen LogP contribution in [0, 0.1) is 0 Å². The van der Waals surface area contributed by atoms with Gasteiger partial charge in [-0.2, -0.15) is 0 Å². The van der Waals surface area contributed by atoms with Crippen molar-refractivity contribution in [2.24, 2.45) is 0 Å². The Balaban J connectivity index is 1.83. The molecule has 0 fully saturated rings. The minimum absolute atomic E-state index is 0.345. The highest BCUT2D eigenvalue weighted by Gasteiger charge is 2.08. The van der Waals surface area contributed by atoms with Crippen molar-refractivity contribution in [1.82, 2.24) is 0 Å². The number of anilines is 1. The summed E-state index contributed by atoms with van der Waals surface area (Å²) in [6.45, 7) is -0.416. The van der Waals surface area contributed by atoms with Crippen LogP contribution in [0.15, 0.2) is 54.6 Å². The van der Waals surface area contributed by atoms with Crippen LogP contribution in [0.4, 0.5) is 5.69 Å². The van der Waals surface area contributed by atoms with Gasteiger partial charge < -0.3 is 10.1 Å². The number of carbonyl (C=O) groups is 2. The molecule has 2 rings (SSSR count). The van der Waals surface area contributed by atoms with Crippen molar-refractivity contribution < 1.29 is 14.3 Å². The predicted octanol–water partition coefficient (Wildman–Crippen LogP) is 4.19. The summed E-state index contributed by atoms with van der Waals surface area (Å²) in [5, 5.41) is 3.31. The molecular weight excluding hydrogens is 337 g/mol. The molecule has 6 heteroatoms. The van der Waals surface area contributed by atoms with Gasteiger partial charge >= 0.3 is 5.97 Å². The number of esters is 1. The van der Waals surface area contributed by atoms with Crippen LogP contribution in [0.25, 0.3) is 6.08 Å². The molecule has 0 aliphatic carbocycles. The molecular formula is C17H13Cl2NO3. The Morgan fingerprint density at radius 3 is 2.57 bits per heavy atom. The Labute approximate surface area is 143 Å². The van der Waals surface area contributed by atoms with Crippen LogP contribution in [0.5, 0.6) is 0 Å². The second-order valence-electron chi connectivity index (χ2n) is 4.52. The average molecular weight is 350 g/mol. The van der Waals surface area contributed by atoms with E-state index in [4.69, 9.17) is 27.9 Å². The summed E-state index contributed by atoms with van der Waals surface area (Å²) >= 11 is 11.8. The Hall–Kier alpha value is -2.30. The van der Waals surface area contributed by atoms with Crippen LogP contribution in [-0.2, 0) is 14.3 Å².